The number of hydrogen-bond acceptors (Lipinski definition) is 2. The smallest absolute Gasteiger partial charge is 1.00 e. The van der Waals surface area contributed by atoms with Gasteiger partial charge in [0.1, 0.15) is 0 Å². The summed E-state index contributed by atoms with van der Waals surface area (Å²) in [6.07, 6.45) is 0.715. The van der Waals surface area contributed by atoms with Crippen LogP contribution in [-0.2, 0) is 10.1 Å². The molecule has 1 N–H and O–H groups in total. The van der Waals surface area contributed by atoms with Crippen LogP contribution in [-0.4, -0.2) is 132 Å². The molecule has 0 spiro atoms. The van der Waals surface area contributed by atoms with E-state index >= 15 is 0 Å². The summed E-state index contributed by atoms with van der Waals surface area (Å²) < 4.78 is 25.9. The maximum absolute atomic E-state index is 9.19. The van der Waals surface area contributed by atoms with Crippen LogP contribution in [0.25, 0.3) is 0 Å². The molecule has 0 rings (SSSR count). The summed E-state index contributed by atoms with van der Waals surface area (Å²) in [6, 6.07) is 0. The van der Waals surface area contributed by atoms with Gasteiger partial charge in [0.05, 0.1) is 6.26 Å². The summed E-state index contributed by atoms with van der Waals surface area (Å²) in [7, 11) is -3.67. The summed E-state index contributed by atoms with van der Waals surface area (Å²) in [5.74, 6) is 0. The van der Waals surface area contributed by atoms with Gasteiger partial charge in [-0.15, -0.1) is 0 Å². The first-order valence-electron chi connectivity index (χ1n) is 0.924. The van der Waals surface area contributed by atoms with Crippen LogP contribution in [0.5, 0.6) is 0 Å². The molecule has 3 nitrogen and oxygen atoms in total. The molecular formula is CH10Ca3O3S. The van der Waals surface area contributed by atoms with Gasteiger partial charge in [-0.2, -0.15) is 8.42 Å². The molecule has 7 heteroatoms. The Hall–Kier alpha value is 3.69. The monoisotopic (exact) mass is 222 g/mol. The van der Waals surface area contributed by atoms with Crippen LogP contribution in [0.3, 0.4) is 0 Å². The SMILES string of the molecule is CS(=O)(=O)O.[Ca+2].[Ca+2].[Ca+2].[H-].[H-].[H-].[H-].[H-].[H-]. The molecule has 0 saturated heterocycles. The Morgan fingerprint density at radius 1 is 1.25 bits per heavy atom. The second-order valence-electron chi connectivity index (χ2n) is 0.733. The van der Waals surface area contributed by atoms with Crippen molar-refractivity contribution in [1.29, 1.82) is 0 Å². The van der Waals surface area contributed by atoms with Crippen LogP contribution < -0.4 is 0 Å². The van der Waals surface area contributed by atoms with E-state index in [1.54, 1.807) is 0 Å². The minimum absolute atomic E-state index is 0. The third-order valence-electron chi connectivity index (χ3n) is 0. The summed E-state index contributed by atoms with van der Waals surface area (Å²) in [6.45, 7) is 0. The Labute approximate surface area is 148 Å². The molecule has 0 aromatic rings. The number of rotatable bonds is 0. The van der Waals surface area contributed by atoms with Gasteiger partial charge in [-0.25, -0.2) is 0 Å². The van der Waals surface area contributed by atoms with E-state index in [4.69, 9.17) is 4.55 Å². The molecule has 0 aromatic carbocycles. The average Bonchev–Trinajstić information content (AvgIpc) is 0.722. The first-order valence-corrected chi connectivity index (χ1v) is 2.77. The van der Waals surface area contributed by atoms with Crippen molar-refractivity contribution in [3.05, 3.63) is 0 Å². The van der Waals surface area contributed by atoms with E-state index in [2.05, 4.69) is 0 Å². The van der Waals surface area contributed by atoms with Gasteiger partial charge in [0.25, 0.3) is 10.1 Å². The quantitative estimate of drug-likeness (QED) is 0.424. The van der Waals surface area contributed by atoms with E-state index in [1.165, 1.54) is 0 Å². The van der Waals surface area contributed by atoms with Gasteiger partial charge < -0.3 is 8.56 Å². The summed E-state index contributed by atoms with van der Waals surface area (Å²) in [4.78, 5) is 0. The van der Waals surface area contributed by atoms with Crippen LogP contribution in [0.2, 0.25) is 0 Å². The van der Waals surface area contributed by atoms with Crippen molar-refractivity contribution in [2.24, 2.45) is 0 Å². The van der Waals surface area contributed by atoms with Crippen molar-refractivity contribution in [2.45, 2.75) is 0 Å². The van der Waals surface area contributed by atoms with Crippen LogP contribution >= 0.6 is 0 Å². The average molecular weight is 222 g/mol. The Balaban J connectivity index is -0.00000000222. The first kappa shape index (κ1) is 22.6. The Morgan fingerprint density at radius 3 is 1.25 bits per heavy atom. The molecule has 0 aromatic heterocycles. The van der Waals surface area contributed by atoms with Crippen molar-refractivity contribution in [2.75, 3.05) is 6.26 Å². The standard InChI is InChI=1S/CH4O3S.3Ca.6H/c1-5(2,3)4;;;;;;;;;/h1H3,(H,2,3,4);;;;;;;;;/q;3*+2;6*-1. The predicted octanol–water partition coefficient (Wildman–Crippen LogP) is -0.963. The van der Waals surface area contributed by atoms with Crippen LogP contribution in [0.1, 0.15) is 8.56 Å². The minimum Gasteiger partial charge on any atom is -1.00 e. The van der Waals surface area contributed by atoms with Crippen molar-refractivity contribution < 1.29 is 21.5 Å². The van der Waals surface area contributed by atoms with E-state index in [9.17, 15) is 8.42 Å². The topological polar surface area (TPSA) is 54.4 Å². The zero-order valence-corrected chi connectivity index (χ0v) is 12.2. The summed E-state index contributed by atoms with van der Waals surface area (Å²) in [5, 5.41) is 0. The maximum atomic E-state index is 9.19. The van der Waals surface area contributed by atoms with Crippen LogP contribution in [0.15, 0.2) is 0 Å². The molecule has 44 valence electrons. The fraction of sp³-hybridized carbons (Fsp3) is 1.00. The summed E-state index contributed by atoms with van der Waals surface area (Å²) in [5.41, 5.74) is 0. The molecule has 0 atom stereocenters. The van der Waals surface area contributed by atoms with Gasteiger partial charge in [-0.1, -0.05) is 0 Å². The molecule has 0 heterocycles. The summed E-state index contributed by atoms with van der Waals surface area (Å²) >= 11 is 0. The molecule has 0 aliphatic carbocycles. The Morgan fingerprint density at radius 2 is 1.25 bits per heavy atom. The van der Waals surface area contributed by atoms with E-state index in [1.807, 2.05) is 0 Å². The third kappa shape index (κ3) is 53.8. The first-order chi connectivity index (χ1) is 2.00. The number of hydrogen-bond donors (Lipinski definition) is 1. The minimum atomic E-state index is -3.67. The third-order valence-corrected chi connectivity index (χ3v) is 0. The van der Waals surface area contributed by atoms with E-state index < -0.39 is 10.1 Å². The molecular weight excluding hydrogens is 212 g/mol. The van der Waals surface area contributed by atoms with Gasteiger partial charge in [0, 0.05) is 0 Å². The molecule has 0 aliphatic rings. The van der Waals surface area contributed by atoms with E-state index in [0.29, 0.717) is 6.26 Å². The molecule has 0 fully saturated rings. The molecule has 0 aliphatic heterocycles. The second kappa shape index (κ2) is 10.7. The van der Waals surface area contributed by atoms with E-state index in [0.717, 1.165) is 0 Å². The van der Waals surface area contributed by atoms with Gasteiger partial charge in [0.15, 0.2) is 0 Å². The van der Waals surface area contributed by atoms with Crippen molar-refractivity contribution in [3.63, 3.8) is 0 Å². The zero-order chi connectivity index (χ0) is 4.50. The normalized spacial score (nSPS) is 7.25. The maximum Gasteiger partial charge on any atom is 2.00 e. The van der Waals surface area contributed by atoms with Gasteiger partial charge in [-0.3, -0.25) is 4.55 Å². The van der Waals surface area contributed by atoms with Crippen LogP contribution in [0.4, 0.5) is 0 Å². The molecule has 0 unspecified atom stereocenters. The Bertz CT molecular complexity index is 111. The molecule has 0 bridgehead atoms. The fourth-order valence-corrected chi connectivity index (χ4v) is 0. The second-order valence-corrected chi connectivity index (χ2v) is 2.20. The Kier molecular flexibility index (Phi) is 30.2. The largest absolute Gasteiger partial charge is 2.00 e. The molecule has 0 saturated carbocycles. The van der Waals surface area contributed by atoms with Gasteiger partial charge in [-0.05, 0) is 0 Å². The molecule has 8 heavy (non-hydrogen) atoms. The molecule has 0 amide bonds. The van der Waals surface area contributed by atoms with Gasteiger partial charge >= 0.3 is 113 Å². The van der Waals surface area contributed by atoms with Crippen molar-refractivity contribution in [1.82, 2.24) is 0 Å². The van der Waals surface area contributed by atoms with E-state index in [-0.39, 0.29) is 122 Å². The fourth-order valence-electron chi connectivity index (χ4n) is 0. The zero-order valence-electron chi connectivity index (χ0n) is 10.8. The van der Waals surface area contributed by atoms with Crippen molar-refractivity contribution in [3.8, 4) is 0 Å². The van der Waals surface area contributed by atoms with Crippen molar-refractivity contribution >= 4 is 123 Å². The predicted molar refractivity (Wildman–Crippen MR) is 41.4 cm³/mol. The van der Waals surface area contributed by atoms with Crippen LogP contribution in [0, 0.1) is 0 Å². The van der Waals surface area contributed by atoms with Gasteiger partial charge in [0.2, 0.25) is 0 Å². The molecule has 0 radical (unpaired) electrons.